The van der Waals surface area contributed by atoms with E-state index in [-0.39, 0.29) is 0 Å². The molecule has 6 nitrogen and oxygen atoms in total. The zero-order chi connectivity index (χ0) is 15.2. The average molecular weight is 290 g/mol. The lowest BCUT2D eigenvalue weighted by atomic mass is 9.97. The minimum Gasteiger partial charge on any atom is -0.348 e. The summed E-state index contributed by atoms with van der Waals surface area (Å²) in [7, 11) is 1.76. The third-order valence-corrected chi connectivity index (χ3v) is 3.58. The fourth-order valence-electron chi connectivity index (χ4n) is 2.45. The number of hydrogen-bond donors (Lipinski definition) is 2. The molecule has 1 aromatic rings. The van der Waals surface area contributed by atoms with E-state index in [1.807, 2.05) is 0 Å². The molecular formula is C15H22N4O2. The molecule has 6 heteroatoms. The molecule has 21 heavy (non-hydrogen) atoms. The van der Waals surface area contributed by atoms with Crippen LogP contribution in [0.1, 0.15) is 37.8 Å². The molecule has 0 saturated heterocycles. The van der Waals surface area contributed by atoms with E-state index < -0.39 is 11.8 Å². The summed E-state index contributed by atoms with van der Waals surface area (Å²) in [6.07, 6.45) is 9.46. The van der Waals surface area contributed by atoms with Crippen LogP contribution < -0.4 is 10.6 Å². The van der Waals surface area contributed by atoms with E-state index in [0.717, 1.165) is 19.3 Å². The third-order valence-electron chi connectivity index (χ3n) is 3.58. The largest absolute Gasteiger partial charge is 0.348 e. The molecule has 0 radical (unpaired) electrons. The first-order valence-corrected chi connectivity index (χ1v) is 7.33. The smallest absolute Gasteiger partial charge is 0.313 e. The second-order valence-corrected chi connectivity index (χ2v) is 5.37. The van der Waals surface area contributed by atoms with Crippen molar-refractivity contribution in [3.05, 3.63) is 23.5 Å². The van der Waals surface area contributed by atoms with Gasteiger partial charge in [-0.05, 0) is 39.0 Å². The molecule has 1 aromatic heterocycles. The maximum Gasteiger partial charge on any atom is 0.313 e. The first-order valence-electron chi connectivity index (χ1n) is 7.33. The number of rotatable bonds is 4. The average Bonchev–Trinajstić information content (AvgIpc) is 2.78. The number of nitrogens with one attached hydrogen (secondary N) is 2. The maximum absolute atomic E-state index is 11.8. The molecule has 1 heterocycles. The van der Waals surface area contributed by atoms with E-state index in [9.17, 15) is 9.59 Å². The minimum absolute atomic E-state index is 0.504. The Morgan fingerprint density at radius 1 is 1.33 bits per heavy atom. The molecule has 2 N–H and O–H groups in total. The van der Waals surface area contributed by atoms with Gasteiger partial charge in [-0.1, -0.05) is 11.6 Å². The lowest BCUT2D eigenvalue weighted by molar-refractivity contribution is -0.136. The zero-order valence-electron chi connectivity index (χ0n) is 12.6. The number of anilines is 1. The molecule has 1 aliphatic carbocycles. The number of aryl methyl sites for hydroxylation is 2. The van der Waals surface area contributed by atoms with Crippen LogP contribution in [0.15, 0.2) is 17.8 Å². The third kappa shape index (κ3) is 4.44. The van der Waals surface area contributed by atoms with Gasteiger partial charge in [0.1, 0.15) is 0 Å². The Kier molecular flexibility index (Phi) is 5.14. The summed E-state index contributed by atoms with van der Waals surface area (Å²) in [5.41, 5.74) is 2.63. The number of hydrogen-bond acceptors (Lipinski definition) is 3. The van der Waals surface area contributed by atoms with Gasteiger partial charge in [-0.2, -0.15) is 5.10 Å². The molecular weight excluding hydrogens is 268 g/mol. The quantitative estimate of drug-likeness (QED) is 0.654. The summed E-state index contributed by atoms with van der Waals surface area (Å²) in [6, 6.07) is 0. The highest BCUT2D eigenvalue weighted by atomic mass is 16.2. The van der Waals surface area contributed by atoms with Crippen LogP contribution in [0.5, 0.6) is 0 Å². The number of allylic oxidation sites excluding steroid dienone is 1. The van der Waals surface area contributed by atoms with Crippen molar-refractivity contribution in [2.45, 2.75) is 39.0 Å². The summed E-state index contributed by atoms with van der Waals surface area (Å²) >= 11 is 0. The van der Waals surface area contributed by atoms with E-state index in [1.165, 1.54) is 18.4 Å². The SMILES string of the molecule is Cc1nn(C)cc1NC(=O)C(=O)NCCC1=CCCCC1. The number of carbonyl (C=O) groups is 2. The molecule has 0 aliphatic heterocycles. The van der Waals surface area contributed by atoms with Gasteiger partial charge in [0, 0.05) is 19.8 Å². The van der Waals surface area contributed by atoms with Gasteiger partial charge in [-0.25, -0.2) is 0 Å². The Bertz CT molecular complexity index is 560. The second kappa shape index (κ2) is 7.06. The van der Waals surface area contributed by atoms with Crippen LogP contribution in [0, 0.1) is 6.92 Å². The predicted molar refractivity (Wildman–Crippen MR) is 80.8 cm³/mol. The number of aromatic nitrogens is 2. The van der Waals surface area contributed by atoms with Gasteiger partial charge in [0.15, 0.2) is 0 Å². The fraction of sp³-hybridized carbons (Fsp3) is 0.533. The minimum atomic E-state index is -0.649. The van der Waals surface area contributed by atoms with Crippen molar-refractivity contribution in [2.24, 2.45) is 7.05 Å². The van der Waals surface area contributed by atoms with E-state index in [2.05, 4.69) is 21.8 Å². The second-order valence-electron chi connectivity index (χ2n) is 5.37. The Labute approximate surface area is 124 Å². The van der Waals surface area contributed by atoms with Crippen molar-refractivity contribution in [3.63, 3.8) is 0 Å². The lowest BCUT2D eigenvalue weighted by Crippen LogP contribution is -2.36. The van der Waals surface area contributed by atoms with Crippen LogP contribution in [0.3, 0.4) is 0 Å². The molecule has 0 atom stereocenters. The van der Waals surface area contributed by atoms with Crippen LogP contribution >= 0.6 is 0 Å². The van der Waals surface area contributed by atoms with Crippen LogP contribution in [0.2, 0.25) is 0 Å². The number of amides is 2. The van der Waals surface area contributed by atoms with Gasteiger partial charge in [0.25, 0.3) is 0 Å². The molecule has 114 valence electrons. The Balaban J connectivity index is 1.76. The Hall–Kier alpha value is -2.11. The molecule has 2 amide bonds. The summed E-state index contributed by atoms with van der Waals surface area (Å²) in [4.78, 5) is 23.5. The predicted octanol–water partition coefficient (Wildman–Crippen LogP) is 1.67. The molecule has 0 unspecified atom stereocenters. The Morgan fingerprint density at radius 2 is 2.14 bits per heavy atom. The van der Waals surface area contributed by atoms with E-state index in [4.69, 9.17) is 0 Å². The van der Waals surface area contributed by atoms with E-state index in [0.29, 0.717) is 17.9 Å². The zero-order valence-corrected chi connectivity index (χ0v) is 12.6. The summed E-state index contributed by atoms with van der Waals surface area (Å²) < 4.78 is 1.60. The van der Waals surface area contributed by atoms with Crippen molar-refractivity contribution in [2.75, 3.05) is 11.9 Å². The summed E-state index contributed by atoms with van der Waals surface area (Å²) in [5, 5.41) is 9.34. The van der Waals surface area contributed by atoms with Gasteiger partial charge < -0.3 is 10.6 Å². The topological polar surface area (TPSA) is 76.0 Å². The van der Waals surface area contributed by atoms with Gasteiger partial charge in [-0.3, -0.25) is 14.3 Å². The standard InChI is InChI=1S/C15H22N4O2/c1-11-13(10-19(2)18-11)17-15(21)14(20)16-9-8-12-6-4-3-5-7-12/h6,10H,3-5,7-9H2,1-2H3,(H,16,20)(H,17,21). The molecule has 1 aliphatic rings. The van der Waals surface area contributed by atoms with Gasteiger partial charge in [0.2, 0.25) is 0 Å². The highest BCUT2D eigenvalue weighted by Crippen LogP contribution is 2.19. The molecule has 0 fully saturated rings. The van der Waals surface area contributed by atoms with Crippen molar-refractivity contribution >= 4 is 17.5 Å². The summed E-state index contributed by atoms with van der Waals surface area (Å²) in [5.74, 6) is -1.25. The highest BCUT2D eigenvalue weighted by Gasteiger charge is 2.15. The number of nitrogens with zero attached hydrogens (tertiary/aromatic N) is 2. The monoisotopic (exact) mass is 290 g/mol. The highest BCUT2D eigenvalue weighted by molar-refractivity contribution is 6.39. The van der Waals surface area contributed by atoms with Crippen LogP contribution in [0.4, 0.5) is 5.69 Å². The number of carbonyl (C=O) groups excluding carboxylic acids is 2. The molecule has 0 saturated carbocycles. The molecule has 0 spiro atoms. The Morgan fingerprint density at radius 3 is 2.76 bits per heavy atom. The van der Waals surface area contributed by atoms with Gasteiger partial charge in [0.05, 0.1) is 11.4 Å². The van der Waals surface area contributed by atoms with Crippen LogP contribution in [-0.2, 0) is 16.6 Å². The molecule has 2 rings (SSSR count). The van der Waals surface area contributed by atoms with E-state index in [1.54, 1.807) is 24.9 Å². The fourth-order valence-corrected chi connectivity index (χ4v) is 2.45. The first kappa shape index (κ1) is 15.3. The van der Waals surface area contributed by atoms with Crippen molar-refractivity contribution < 1.29 is 9.59 Å². The normalized spacial score (nSPS) is 14.5. The molecule has 0 bridgehead atoms. The maximum atomic E-state index is 11.8. The van der Waals surface area contributed by atoms with Gasteiger partial charge >= 0.3 is 11.8 Å². The molecule has 0 aromatic carbocycles. The van der Waals surface area contributed by atoms with Crippen molar-refractivity contribution in [3.8, 4) is 0 Å². The van der Waals surface area contributed by atoms with E-state index >= 15 is 0 Å². The van der Waals surface area contributed by atoms with Gasteiger partial charge in [-0.15, -0.1) is 0 Å². The van der Waals surface area contributed by atoms with Crippen molar-refractivity contribution in [1.29, 1.82) is 0 Å². The van der Waals surface area contributed by atoms with Crippen LogP contribution in [-0.4, -0.2) is 28.1 Å². The summed E-state index contributed by atoms with van der Waals surface area (Å²) in [6.45, 7) is 2.28. The first-order chi connectivity index (χ1) is 10.1. The van der Waals surface area contributed by atoms with Crippen LogP contribution in [0.25, 0.3) is 0 Å². The van der Waals surface area contributed by atoms with Crippen molar-refractivity contribution in [1.82, 2.24) is 15.1 Å². The lowest BCUT2D eigenvalue weighted by Gasteiger charge is -2.12.